The fourth-order valence-corrected chi connectivity index (χ4v) is 4.29. The summed E-state index contributed by atoms with van der Waals surface area (Å²) in [4.78, 5) is 4.18. The molecule has 0 aromatic carbocycles. The van der Waals surface area contributed by atoms with Gasteiger partial charge in [0.1, 0.15) is 5.82 Å². The summed E-state index contributed by atoms with van der Waals surface area (Å²) >= 11 is 0. The zero-order valence-corrected chi connectivity index (χ0v) is 12.8. The molecule has 2 rings (SSSR count). The number of rotatable bonds is 5. The van der Waals surface area contributed by atoms with Crippen molar-refractivity contribution in [3.05, 3.63) is 18.3 Å². The van der Waals surface area contributed by atoms with Gasteiger partial charge in [0.2, 0.25) is 10.0 Å². The fourth-order valence-electron chi connectivity index (χ4n) is 2.73. The maximum absolute atomic E-state index is 12.7. The molecule has 0 atom stereocenters. The molecular formula is C13H22N4O2S. The highest BCUT2D eigenvalue weighted by Crippen LogP contribution is 2.39. The van der Waals surface area contributed by atoms with Gasteiger partial charge >= 0.3 is 0 Å². The second-order valence-corrected chi connectivity index (χ2v) is 7.25. The number of nitrogens with two attached hydrogens (primary N) is 1. The maximum Gasteiger partial charge on any atom is 0.243 e. The summed E-state index contributed by atoms with van der Waals surface area (Å²) in [6, 6.07) is 2.97. The first-order chi connectivity index (χ1) is 9.47. The highest BCUT2D eigenvalue weighted by atomic mass is 32.2. The minimum atomic E-state index is -3.46. The van der Waals surface area contributed by atoms with Crippen LogP contribution in [0, 0.1) is 5.41 Å². The summed E-state index contributed by atoms with van der Waals surface area (Å²) in [6.07, 6.45) is 4.38. The van der Waals surface area contributed by atoms with Gasteiger partial charge in [0.15, 0.2) is 0 Å². The van der Waals surface area contributed by atoms with Crippen LogP contribution in [0.2, 0.25) is 0 Å². The number of aromatic nitrogens is 1. The summed E-state index contributed by atoms with van der Waals surface area (Å²) in [5.41, 5.74) is 2.49. The van der Waals surface area contributed by atoms with Crippen molar-refractivity contribution < 1.29 is 8.42 Å². The Bertz CT molecular complexity index is 569. The number of nitrogens with one attached hydrogen (secondary N) is 1. The van der Waals surface area contributed by atoms with Gasteiger partial charge in [0, 0.05) is 25.4 Å². The molecule has 0 spiro atoms. The molecule has 3 N–H and O–H groups in total. The number of anilines is 1. The van der Waals surface area contributed by atoms with E-state index in [2.05, 4.69) is 24.3 Å². The van der Waals surface area contributed by atoms with E-state index in [-0.39, 0.29) is 10.3 Å². The highest BCUT2D eigenvalue weighted by molar-refractivity contribution is 7.89. The monoisotopic (exact) mass is 298 g/mol. The van der Waals surface area contributed by atoms with Crippen LogP contribution in [0.4, 0.5) is 5.82 Å². The molecule has 0 unspecified atom stereocenters. The molecular weight excluding hydrogens is 276 g/mol. The number of hydrogen-bond acceptors (Lipinski definition) is 5. The van der Waals surface area contributed by atoms with Gasteiger partial charge in [0.05, 0.1) is 4.90 Å². The second kappa shape index (κ2) is 5.67. The van der Waals surface area contributed by atoms with Crippen molar-refractivity contribution >= 4 is 15.8 Å². The van der Waals surface area contributed by atoms with Crippen molar-refractivity contribution in [3.63, 3.8) is 0 Å². The normalized spacial score (nSPS) is 19.1. The van der Waals surface area contributed by atoms with Crippen LogP contribution in [0.15, 0.2) is 23.2 Å². The Morgan fingerprint density at radius 3 is 2.70 bits per heavy atom. The standard InChI is InChI=1S/C13H22N4O2S/c1-3-13(4-2)6-8-17(10-13)20(18,19)11-5-7-15-12(9-11)16-14/h5,7,9H,3-4,6,8,10,14H2,1-2H3,(H,15,16). The molecule has 0 radical (unpaired) electrons. The topological polar surface area (TPSA) is 88.3 Å². The zero-order chi connectivity index (χ0) is 14.8. The van der Waals surface area contributed by atoms with E-state index in [1.54, 1.807) is 4.31 Å². The van der Waals surface area contributed by atoms with Gasteiger partial charge in [-0.25, -0.2) is 19.2 Å². The van der Waals surface area contributed by atoms with E-state index >= 15 is 0 Å². The molecule has 112 valence electrons. The van der Waals surface area contributed by atoms with Crippen LogP contribution < -0.4 is 11.3 Å². The minimum absolute atomic E-state index is 0.120. The third-order valence-electron chi connectivity index (χ3n) is 4.42. The summed E-state index contributed by atoms with van der Waals surface area (Å²) < 4.78 is 26.9. The lowest BCUT2D eigenvalue weighted by Crippen LogP contribution is -2.32. The zero-order valence-electron chi connectivity index (χ0n) is 12.0. The number of hydrogen-bond donors (Lipinski definition) is 2. The van der Waals surface area contributed by atoms with E-state index in [0.29, 0.717) is 18.9 Å². The van der Waals surface area contributed by atoms with Crippen LogP contribution in [0.5, 0.6) is 0 Å². The number of nitrogens with zero attached hydrogens (tertiary/aromatic N) is 2. The molecule has 1 aliphatic heterocycles. The van der Waals surface area contributed by atoms with E-state index in [9.17, 15) is 8.42 Å². The van der Waals surface area contributed by atoms with Crippen molar-refractivity contribution in [2.24, 2.45) is 11.3 Å². The SMILES string of the molecule is CCC1(CC)CCN(S(=O)(=O)c2ccnc(NN)c2)C1. The number of pyridine rings is 1. The molecule has 0 aliphatic carbocycles. The van der Waals surface area contributed by atoms with Crippen LogP contribution in [0.3, 0.4) is 0 Å². The molecule has 1 saturated heterocycles. The Labute approximate surface area is 120 Å². The minimum Gasteiger partial charge on any atom is -0.308 e. The van der Waals surface area contributed by atoms with Gasteiger partial charge in [-0.1, -0.05) is 13.8 Å². The Morgan fingerprint density at radius 1 is 1.45 bits per heavy atom. The molecule has 0 amide bonds. The van der Waals surface area contributed by atoms with Gasteiger partial charge in [0.25, 0.3) is 0 Å². The first-order valence-electron chi connectivity index (χ1n) is 6.90. The van der Waals surface area contributed by atoms with Crippen molar-refractivity contribution in [3.8, 4) is 0 Å². The predicted octanol–water partition coefficient (Wildman–Crippen LogP) is 1.57. The van der Waals surface area contributed by atoms with Crippen LogP contribution in [0.25, 0.3) is 0 Å². The molecule has 1 fully saturated rings. The Hall–Kier alpha value is -1.18. The summed E-state index contributed by atoms with van der Waals surface area (Å²) in [7, 11) is -3.46. The number of sulfonamides is 1. The molecule has 1 aromatic rings. The predicted molar refractivity (Wildman–Crippen MR) is 78.4 cm³/mol. The molecule has 20 heavy (non-hydrogen) atoms. The van der Waals surface area contributed by atoms with Crippen LogP contribution in [-0.4, -0.2) is 30.8 Å². The lowest BCUT2D eigenvalue weighted by atomic mass is 9.82. The van der Waals surface area contributed by atoms with Gasteiger partial charge in [-0.05, 0) is 30.7 Å². The largest absolute Gasteiger partial charge is 0.308 e. The van der Waals surface area contributed by atoms with Gasteiger partial charge in [-0.3, -0.25) is 0 Å². The van der Waals surface area contributed by atoms with E-state index in [1.807, 2.05) is 0 Å². The lowest BCUT2D eigenvalue weighted by molar-refractivity contribution is 0.279. The third-order valence-corrected chi connectivity index (χ3v) is 6.26. The van der Waals surface area contributed by atoms with Crippen LogP contribution in [0.1, 0.15) is 33.1 Å². The van der Waals surface area contributed by atoms with Gasteiger partial charge in [-0.2, -0.15) is 4.31 Å². The lowest BCUT2D eigenvalue weighted by Gasteiger charge is -2.26. The van der Waals surface area contributed by atoms with Crippen molar-refractivity contribution in [1.82, 2.24) is 9.29 Å². The van der Waals surface area contributed by atoms with Gasteiger partial charge < -0.3 is 5.43 Å². The molecule has 1 aromatic heterocycles. The second-order valence-electron chi connectivity index (χ2n) is 5.32. The maximum atomic E-state index is 12.7. The van der Waals surface area contributed by atoms with Crippen LogP contribution in [-0.2, 0) is 10.0 Å². The molecule has 2 heterocycles. The average Bonchev–Trinajstić information content (AvgIpc) is 2.93. The van der Waals surface area contributed by atoms with Gasteiger partial charge in [-0.15, -0.1) is 0 Å². The van der Waals surface area contributed by atoms with Crippen molar-refractivity contribution in [1.29, 1.82) is 0 Å². The number of nitrogen functional groups attached to an aromatic ring is 1. The van der Waals surface area contributed by atoms with Crippen molar-refractivity contribution in [2.75, 3.05) is 18.5 Å². The third kappa shape index (κ3) is 2.65. The Morgan fingerprint density at radius 2 is 2.15 bits per heavy atom. The van der Waals surface area contributed by atoms with Crippen molar-refractivity contribution in [2.45, 2.75) is 38.0 Å². The smallest absolute Gasteiger partial charge is 0.243 e. The van der Waals surface area contributed by atoms with Crippen LogP contribution >= 0.6 is 0 Å². The first-order valence-corrected chi connectivity index (χ1v) is 8.34. The van der Waals surface area contributed by atoms with E-state index < -0.39 is 10.0 Å². The fraction of sp³-hybridized carbons (Fsp3) is 0.615. The quantitative estimate of drug-likeness (QED) is 0.636. The average molecular weight is 298 g/mol. The number of hydrazine groups is 1. The first kappa shape index (κ1) is 15.2. The molecule has 7 heteroatoms. The van der Waals surface area contributed by atoms with E-state index in [1.165, 1.54) is 18.3 Å². The Balaban J connectivity index is 2.28. The Kier molecular flexibility index (Phi) is 4.31. The highest BCUT2D eigenvalue weighted by Gasteiger charge is 2.40. The molecule has 1 aliphatic rings. The molecule has 0 bridgehead atoms. The summed E-state index contributed by atoms with van der Waals surface area (Å²) in [5, 5.41) is 0. The molecule has 0 saturated carbocycles. The van der Waals surface area contributed by atoms with E-state index in [0.717, 1.165) is 19.3 Å². The summed E-state index contributed by atoms with van der Waals surface area (Å²) in [6.45, 7) is 5.43. The summed E-state index contributed by atoms with van der Waals surface area (Å²) in [5.74, 6) is 5.63. The van der Waals surface area contributed by atoms with E-state index in [4.69, 9.17) is 5.84 Å². The molecule has 6 nitrogen and oxygen atoms in total.